The first-order chi connectivity index (χ1) is 10.2. The Kier molecular flexibility index (Phi) is 5.58. The van der Waals surface area contributed by atoms with Crippen molar-refractivity contribution in [2.24, 2.45) is 0 Å². The number of aryl methyl sites for hydroxylation is 1. The fraction of sp³-hybridized carbons (Fsp3) is 0.278. The molecule has 22 heavy (non-hydrogen) atoms. The third-order valence-electron chi connectivity index (χ3n) is 3.99. The van der Waals surface area contributed by atoms with Gasteiger partial charge in [-0.25, -0.2) is 0 Å². The Morgan fingerprint density at radius 3 is 2.82 bits per heavy atom. The molecule has 4 heteroatoms. The van der Waals surface area contributed by atoms with Gasteiger partial charge in [-0.05, 0) is 54.3 Å². The fourth-order valence-electron chi connectivity index (χ4n) is 2.74. The van der Waals surface area contributed by atoms with Crippen molar-refractivity contribution in [3.8, 4) is 0 Å². The minimum Gasteiger partial charge on any atom is -0.326 e. The van der Waals surface area contributed by atoms with E-state index in [0.717, 1.165) is 36.3 Å². The zero-order chi connectivity index (χ0) is 14.7. The minimum atomic E-state index is 0. The lowest BCUT2D eigenvalue weighted by molar-refractivity contribution is -0.115. The van der Waals surface area contributed by atoms with Crippen LogP contribution < -0.4 is 10.6 Å². The first kappa shape index (κ1) is 16.5. The van der Waals surface area contributed by atoms with E-state index in [-0.39, 0.29) is 18.3 Å². The second-order valence-corrected chi connectivity index (χ2v) is 5.56. The lowest BCUT2D eigenvalue weighted by Gasteiger charge is -2.18. The van der Waals surface area contributed by atoms with Crippen molar-refractivity contribution >= 4 is 24.0 Å². The van der Waals surface area contributed by atoms with E-state index in [0.29, 0.717) is 6.42 Å². The van der Waals surface area contributed by atoms with Crippen molar-refractivity contribution < 1.29 is 4.79 Å². The summed E-state index contributed by atoms with van der Waals surface area (Å²) >= 11 is 0. The van der Waals surface area contributed by atoms with Crippen molar-refractivity contribution in [2.75, 3.05) is 11.9 Å². The molecular weight excluding hydrogens is 296 g/mol. The molecule has 0 bridgehead atoms. The van der Waals surface area contributed by atoms with Crippen LogP contribution in [0.3, 0.4) is 0 Å². The van der Waals surface area contributed by atoms with E-state index in [1.165, 1.54) is 11.1 Å². The zero-order valence-corrected chi connectivity index (χ0v) is 13.5. The number of halogens is 1. The van der Waals surface area contributed by atoms with Crippen molar-refractivity contribution in [3.05, 3.63) is 64.7 Å². The van der Waals surface area contributed by atoms with Crippen LogP contribution in [0.4, 0.5) is 5.69 Å². The highest BCUT2D eigenvalue weighted by molar-refractivity contribution is 5.92. The van der Waals surface area contributed by atoms with Crippen molar-refractivity contribution in [3.63, 3.8) is 0 Å². The monoisotopic (exact) mass is 316 g/mol. The van der Waals surface area contributed by atoms with Crippen LogP contribution >= 0.6 is 12.4 Å². The van der Waals surface area contributed by atoms with Crippen LogP contribution in [0.1, 0.15) is 22.3 Å². The van der Waals surface area contributed by atoms with E-state index in [4.69, 9.17) is 0 Å². The molecule has 0 aliphatic carbocycles. The largest absolute Gasteiger partial charge is 0.326 e. The summed E-state index contributed by atoms with van der Waals surface area (Å²) in [5.74, 6) is 0.0352. The van der Waals surface area contributed by atoms with Crippen LogP contribution in [-0.2, 0) is 24.2 Å². The Balaban J connectivity index is 0.00000176. The van der Waals surface area contributed by atoms with Crippen LogP contribution in [0, 0.1) is 6.92 Å². The highest BCUT2D eigenvalue weighted by Crippen LogP contribution is 2.19. The van der Waals surface area contributed by atoms with Crippen molar-refractivity contribution in [2.45, 2.75) is 26.3 Å². The Labute approximate surface area is 137 Å². The maximum absolute atomic E-state index is 12.2. The molecule has 2 N–H and O–H groups in total. The fourth-order valence-corrected chi connectivity index (χ4v) is 2.74. The molecule has 1 aliphatic rings. The van der Waals surface area contributed by atoms with Gasteiger partial charge in [-0.15, -0.1) is 12.4 Å². The summed E-state index contributed by atoms with van der Waals surface area (Å²) in [6.07, 6.45) is 1.48. The van der Waals surface area contributed by atoms with Gasteiger partial charge in [-0.3, -0.25) is 4.79 Å². The third kappa shape index (κ3) is 3.87. The molecule has 116 valence electrons. The summed E-state index contributed by atoms with van der Waals surface area (Å²) in [6, 6.07) is 14.2. The molecule has 0 atom stereocenters. The quantitative estimate of drug-likeness (QED) is 0.912. The second-order valence-electron chi connectivity index (χ2n) is 5.56. The van der Waals surface area contributed by atoms with Crippen LogP contribution in [-0.4, -0.2) is 12.5 Å². The van der Waals surface area contributed by atoms with E-state index in [2.05, 4.69) is 22.8 Å². The number of anilines is 1. The topological polar surface area (TPSA) is 41.1 Å². The first-order valence-corrected chi connectivity index (χ1v) is 7.39. The molecule has 2 aromatic rings. The van der Waals surface area contributed by atoms with Crippen molar-refractivity contribution in [1.82, 2.24) is 5.32 Å². The molecular formula is C18H21ClN2O. The summed E-state index contributed by atoms with van der Waals surface area (Å²) < 4.78 is 0. The second kappa shape index (κ2) is 7.43. The molecule has 1 aliphatic heterocycles. The van der Waals surface area contributed by atoms with E-state index in [9.17, 15) is 4.79 Å². The number of carbonyl (C=O) groups is 1. The van der Waals surface area contributed by atoms with Gasteiger partial charge < -0.3 is 10.6 Å². The molecule has 0 radical (unpaired) electrons. The predicted molar refractivity (Wildman–Crippen MR) is 92.6 cm³/mol. The average molecular weight is 317 g/mol. The summed E-state index contributed by atoms with van der Waals surface area (Å²) in [4.78, 5) is 12.2. The van der Waals surface area contributed by atoms with Gasteiger partial charge in [0, 0.05) is 12.2 Å². The normalized spacial score (nSPS) is 13.0. The van der Waals surface area contributed by atoms with Gasteiger partial charge in [0.05, 0.1) is 6.42 Å². The van der Waals surface area contributed by atoms with Gasteiger partial charge in [0.2, 0.25) is 5.91 Å². The maximum atomic E-state index is 12.2. The molecule has 1 amide bonds. The number of amides is 1. The summed E-state index contributed by atoms with van der Waals surface area (Å²) in [5.41, 5.74) is 5.79. The van der Waals surface area contributed by atoms with Gasteiger partial charge in [0.15, 0.2) is 0 Å². The molecule has 3 rings (SSSR count). The number of nitrogens with one attached hydrogen (secondary N) is 2. The van der Waals surface area contributed by atoms with Crippen molar-refractivity contribution in [1.29, 1.82) is 0 Å². The van der Waals surface area contributed by atoms with E-state index in [1.807, 2.05) is 37.3 Å². The zero-order valence-electron chi connectivity index (χ0n) is 12.7. The van der Waals surface area contributed by atoms with Crippen LogP contribution in [0.5, 0.6) is 0 Å². The maximum Gasteiger partial charge on any atom is 0.228 e. The molecule has 1 heterocycles. The van der Waals surface area contributed by atoms with Gasteiger partial charge in [-0.2, -0.15) is 0 Å². The van der Waals surface area contributed by atoms with E-state index in [1.54, 1.807) is 0 Å². The standard InChI is InChI=1S/C18H20N2O.ClH/c1-13-4-2-3-5-15(13)11-18(21)20-17-7-6-14-8-9-19-12-16(14)10-17;/h2-7,10,19H,8-9,11-12H2,1H3,(H,20,21);1H. The SMILES string of the molecule is Cc1ccccc1CC(=O)Nc1ccc2c(c1)CNCC2.Cl. The molecule has 3 nitrogen and oxygen atoms in total. The highest BCUT2D eigenvalue weighted by atomic mass is 35.5. The molecule has 0 aromatic heterocycles. The van der Waals surface area contributed by atoms with E-state index < -0.39 is 0 Å². The lowest BCUT2D eigenvalue weighted by Crippen LogP contribution is -2.24. The number of fused-ring (bicyclic) bond motifs is 1. The molecule has 0 unspecified atom stereocenters. The summed E-state index contributed by atoms with van der Waals surface area (Å²) in [5, 5.41) is 6.36. The predicted octanol–water partition coefficient (Wildman–Crippen LogP) is 3.24. The molecule has 0 saturated carbocycles. The summed E-state index contributed by atoms with van der Waals surface area (Å²) in [6.45, 7) is 3.95. The summed E-state index contributed by atoms with van der Waals surface area (Å²) in [7, 11) is 0. The van der Waals surface area contributed by atoms with Crippen LogP contribution in [0.2, 0.25) is 0 Å². The Bertz CT molecular complexity index is 670. The number of hydrogen-bond donors (Lipinski definition) is 2. The smallest absolute Gasteiger partial charge is 0.228 e. The molecule has 0 fully saturated rings. The van der Waals surface area contributed by atoms with Gasteiger partial charge in [0.25, 0.3) is 0 Å². The number of rotatable bonds is 3. The first-order valence-electron chi connectivity index (χ1n) is 7.39. The average Bonchev–Trinajstić information content (AvgIpc) is 2.49. The molecule has 0 saturated heterocycles. The number of hydrogen-bond acceptors (Lipinski definition) is 2. The number of benzene rings is 2. The van der Waals surface area contributed by atoms with Gasteiger partial charge in [-0.1, -0.05) is 30.3 Å². The Morgan fingerprint density at radius 2 is 2.00 bits per heavy atom. The highest BCUT2D eigenvalue weighted by Gasteiger charge is 2.11. The Morgan fingerprint density at radius 1 is 1.18 bits per heavy atom. The molecule has 2 aromatic carbocycles. The van der Waals surface area contributed by atoms with E-state index >= 15 is 0 Å². The van der Waals surface area contributed by atoms with Crippen LogP contribution in [0.25, 0.3) is 0 Å². The number of carbonyl (C=O) groups excluding carboxylic acids is 1. The van der Waals surface area contributed by atoms with Gasteiger partial charge in [0.1, 0.15) is 0 Å². The molecule has 0 spiro atoms. The lowest BCUT2D eigenvalue weighted by atomic mass is 10.0. The van der Waals surface area contributed by atoms with Gasteiger partial charge >= 0.3 is 0 Å². The minimum absolute atomic E-state index is 0. The Hall–Kier alpha value is -1.84. The third-order valence-corrected chi connectivity index (χ3v) is 3.99. The van der Waals surface area contributed by atoms with Crippen LogP contribution in [0.15, 0.2) is 42.5 Å².